The highest BCUT2D eigenvalue weighted by Crippen LogP contribution is 2.26. The summed E-state index contributed by atoms with van der Waals surface area (Å²) in [6, 6.07) is 10.5. The molecule has 1 fully saturated rings. The van der Waals surface area contributed by atoms with Crippen LogP contribution in [0.3, 0.4) is 0 Å². The number of piperazine rings is 1. The number of para-hydroxylation sites is 1. The number of aryl methyl sites for hydroxylation is 1. The van der Waals surface area contributed by atoms with Crippen LogP contribution < -0.4 is 5.32 Å². The second-order valence-electron chi connectivity index (χ2n) is 8.07. The first kappa shape index (κ1) is 23.6. The minimum atomic E-state index is -3.75. The number of pyridine rings is 1. The average Bonchev–Trinajstić information content (AvgIpc) is 2.79. The summed E-state index contributed by atoms with van der Waals surface area (Å²) >= 11 is 5.75. The summed E-state index contributed by atoms with van der Waals surface area (Å²) in [4.78, 5) is 19.0. The minimum Gasteiger partial charge on any atom is -0.322 e. The van der Waals surface area contributed by atoms with Crippen LogP contribution in [-0.4, -0.2) is 60.7 Å². The number of carbonyl (C=O) groups excluding carboxylic acids is 1. The Kier molecular flexibility index (Phi) is 6.67. The van der Waals surface area contributed by atoms with Gasteiger partial charge >= 0.3 is 0 Å². The van der Waals surface area contributed by atoms with E-state index in [-0.39, 0.29) is 34.6 Å². The van der Waals surface area contributed by atoms with Gasteiger partial charge in [-0.25, -0.2) is 12.8 Å². The molecule has 1 saturated heterocycles. The number of aromatic nitrogens is 1. The van der Waals surface area contributed by atoms with Crippen molar-refractivity contribution < 1.29 is 17.6 Å². The lowest BCUT2D eigenvalue weighted by Crippen LogP contribution is -2.54. The topological polar surface area (TPSA) is 82.6 Å². The number of halogens is 2. The van der Waals surface area contributed by atoms with Crippen LogP contribution in [0.4, 0.5) is 10.1 Å². The zero-order valence-electron chi connectivity index (χ0n) is 18.3. The minimum absolute atomic E-state index is 0.0520. The van der Waals surface area contributed by atoms with Crippen molar-refractivity contribution in [3.8, 4) is 0 Å². The molecule has 0 spiro atoms. The van der Waals surface area contributed by atoms with E-state index in [0.717, 1.165) is 17.0 Å². The lowest BCUT2D eigenvalue weighted by Gasteiger charge is -2.36. The molecule has 1 aliphatic heterocycles. The van der Waals surface area contributed by atoms with Crippen LogP contribution in [0, 0.1) is 12.7 Å². The first-order valence-corrected chi connectivity index (χ1v) is 12.3. The molecule has 0 saturated carbocycles. The van der Waals surface area contributed by atoms with Crippen LogP contribution in [-0.2, 0) is 14.8 Å². The molecule has 1 N–H and O–H groups in total. The van der Waals surface area contributed by atoms with Gasteiger partial charge in [0.2, 0.25) is 15.9 Å². The zero-order valence-corrected chi connectivity index (χ0v) is 19.8. The second kappa shape index (κ2) is 9.34. The number of hydrogen-bond acceptors (Lipinski definition) is 5. The molecule has 1 unspecified atom stereocenters. The van der Waals surface area contributed by atoms with Crippen molar-refractivity contribution in [1.82, 2.24) is 14.2 Å². The molecule has 3 aromatic rings. The van der Waals surface area contributed by atoms with Gasteiger partial charge in [-0.2, -0.15) is 4.31 Å². The van der Waals surface area contributed by atoms with Crippen molar-refractivity contribution in [2.75, 3.05) is 31.5 Å². The van der Waals surface area contributed by atoms with Crippen molar-refractivity contribution in [3.05, 3.63) is 65.1 Å². The molecule has 7 nitrogen and oxygen atoms in total. The summed E-state index contributed by atoms with van der Waals surface area (Å²) in [5.41, 5.74) is 1.45. The van der Waals surface area contributed by atoms with Crippen molar-refractivity contribution in [1.29, 1.82) is 0 Å². The molecule has 10 heteroatoms. The van der Waals surface area contributed by atoms with Gasteiger partial charge < -0.3 is 5.32 Å². The Morgan fingerprint density at radius 3 is 2.58 bits per heavy atom. The Hall–Kier alpha value is -2.59. The molecule has 0 radical (unpaired) electrons. The number of benzene rings is 2. The van der Waals surface area contributed by atoms with Gasteiger partial charge in [0, 0.05) is 42.8 Å². The highest BCUT2D eigenvalue weighted by molar-refractivity contribution is 7.89. The fraction of sp³-hybridized carbons (Fsp3) is 0.304. The molecule has 1 atom stereocenters. The molecule has 174 valence electrons. The van der Waals surface area contributed by atoms with E-state index in [1.807, 2.05) is 24.0 Å². The van der Waals surface area contributed by atoms with Gasteiger partial charge in [0.05, 0.1) is 17.2 Å². The van der Waals surface area contributed by atoms with Crippen LogP contribution in [0.15, 0.2) is 53.6 Å². The van der Waals surface area contributed by atoms with Gasteiger partial charge in [-0.15, -0.1) is 0 Å². The van der Waals surface area contributed by atoms with E-state index in [1.54, 1.807) is 25.3 Å². The SMILES string of the molecule is Cc1cnc2c(S(=O)(=O)N3CCN(C(C)C(=O)Nc4ccc(Cl)cc4F)CC3)cccc2c1. The number of nitrogens with zero attached hydrogens (tertiary/aromatic N) is 3. The lowest BCUT2D eigenvalue weighted by atomic mass is 10.2. The van der Waals surface area contributed by atoms with E-state index < -0.39 is 21.9 Å². The van der Waals surface area contributed by atoms with Gasteiger partial charge in [0.1, 0.15) is 10.7 Å². The van der Waals surface area contributed by atoms with E-state index in [9.17, 15) is 17.6 Å². The van der Waals surface area contributed by atoms with E-state index in [0.29, 0.717) is 18.6 Å². The van der Waals surface area contributed by atoms with Gasteiger partial charge in [-0.05, 0) is 49.7 Å². The van der Waals surface area contributed by atoms with E-state index >= 15 is 0 Å². The maximum atomic E-state index is 14.0. The van der Waals surface area contributed by atoms with E-state index in [1.165, 1.54) is 16.4 Å². The third kappa shape index (κ3) is 4.86. The van der Waals surface area contributed by atoms with Crippen LogP contribution in [0.5, 0.6) is 0 Å². The maximum absolute atomic E-state index is 14.0. The molecule has 4 rings (SSSR count). The molecule has 33 heavy (non-hydrogen) atoms. The second-order valence-corrected chi connectivity index (χ2v) is 10.4. The van der Waals surface area contributed by atoms with Crippen molar-refractivity contribution in [2.45, 2.75) is 24.8 Å². The third-order valence-electron chi connectivity index (χ3n) is 5.82. The Labute approximate surface area is 197 Å². The van der Waals surface area contributed by atoms with Crippen molar-refractivity contribution in [3.63, 3.8) is 0 Å². The standard InChI is InChI=1S/C23H24ClFN4O3S/c1-15-12-17-4-3-5-21(22(17)26-14-15)33(31,32)29-10-8-28(9-11-29)16(2)23(30)27-20-7-6-18(24)13-19(20)25/h3-7,12-14,16H,8-11H2,1-2H3,(H,27,30). The summed E-state index contributed by atoms with van der Waals surface area (Å²) in [6.07, 6.45) is 1.66. The molecule has 1 aliphatic rings. The first-order chi connectivity index (χ1) is 15.7. The molecule has 0 aliphatic carbocycles. The Morgan fingerprint density at radius 1 is 1.15 bits per heavy atom. The summed E-state index contributed by atoms with van der Waals surface area (Å²) in [5, 5.41) is 3.59. The first-order valence-electron chi connectivity index (χ1n) is 10.5. The normalized spacial score (nSPS) is 16.6. The monoisotopic (exact) mass is 490 g/mol. The fourth-order valence-corrected chi connectivity index (χ4v) is 5.66. The summed E-state index contributed by atoms with van der Waals surface area (Å²) in [7, 11) is -3.75. The molecular formula is C23H24ClFN4O3S. The smallest absolute Gasteiger partial charge is 0.245 e. The van der Waals surface area contributed by atoms with Gasteiger partial charge in [-0.1, -0.05) is 23.7 Å². The highest BCUT2D eigenvalue weighted by atomic mass is 35.5. The number of rotatable bonds is 5. The zero-order chi connectivity index (χ0) is 23.8. The predicted octanol–water partition coefficient (Wildman–Crippen LogP) is 3.67. The number of carbonyl (C=O) groups is 1. The number of fused-ring (bicyclic) bond motifs is 1. The number of anilines is 1. The molecule has 1 amide bonds. The van der Waals surface area contributed by atoms with Crippen LogP contribution >= 0.6 is 11.6 Å². The summed E-state index contributed by atoms with van der Waals surface area (Å²) in [5.74, 6) is -0.987. The molecular weight excluding hydrogens is 467 g/mol. The summed E-state index contributed by atoms with van der Waals surface area (Å²) in [6.45, 7) is 4.83. The van der Waals surface area contributed by atoms with Crippen molar-refractivity contribution in [2.24, 2.45) is 0 Å². The average molecular weight is 491 g/mol. The van der Waals surface area contributed by atoms with E-state index in [2.05, 4.69) is 10.3 Å². The highest BCUT2D eigenvalue weighted by Gasteiger charge is 2.33. The van der Waals surface area contributed by atoms with Crippen LogP contribution in [0.1, 0.15) is 12.5 Å². The Balaban J connectivity index is 1.44. The summed E-state index contributed by atoms with van der Waals surface area (Å²) < 4.78 is 42.1. The van der Waals surface area contributed by atoms with Crippen LogP contribution in [0.2, 0.25) is 5.02 Å². The molecule has 2 heterocycles. The van der Waals surface area contributed by atoms with E-state index in [4.69, 9.17) is 11.6 Å². The number of sulfonamides is 1. The fourth-order valence-electron chi connectivity index (χ4n) is 3.92. The quantitative estimate of drug-likeness (QED) is 0.590. The molecule has 2 aromatic carbocycles. The largest absolute Gasteiger partial charge is 0.322 e. The molecule has 0 bridgehead atoms. The number of nitrogens with one attached hydrogen (secondary N) is 1. The third-order valence-corrected chi connectivity index (χ3v) is 7.98. The predicted molar refractivity (Wildman–Crippen MR) is 126 cm³/mol. The molecule has 1 aromatic heterocycles. The number of hydrogen-bond donors (Lipinski definition) is 1. The number of amides is 1. The van der Waals surface area contributed by atoms with Gasteiger partial charge in [0.15, 0.2) is 0 Å². The maximum Gasteiger partial charge on any atom is 0.245 e. The Bertz CT molecular complexity index is 1310. The van der Waals surface area contributed by atoms with Crippen molar-refractivity contribution >= 4 is 44.1 Å². The van der Waals surface area contributed by atoms with Gasteiger partial charge in [0.25, 0.3) is 0 Å². The van der Waals surface area contributed by atoms with Gasteiger partial charge in [-0.3, -0.25) is 14.7 Å². The van der Waals surface area contributed by atoms with Crippen LogP contribution in [0.25, 0.3) is 10.9 Å². The Morgan fingerprint density at radius 2 is 1.88 bits per heavy atom. The lowest BCUT2D eigenvalue weighted by molar-refractivity contribution is -0.121.